The van der Waals surface area contributed by atoms with Gasteiger partial charge in [0, 0.05) is 12.6 Å². The van der Waals surface area contributed by atoms with Gasteiger partial charge in [0.15, 0.2) is 0 Å². The van der Waals surface area contributed by atoms with Gasteiger partial charge in [-0.05, 0) is 50.1 Å². The van der Waals surface area contributed by atoms with Crippen LogP contribution in [0.1, 0.15) is 18.1 Å². The van der Waals surface area contributed by atoms with E-state index in [4.69, 9.17) is 9.47 Å². The van der Waals surface area contributed by atoms with Crippen molar-refractivity contribution < 1.29 is 14.3 Å². The van der Waals surface area contributed by atoms with E-state index in [9.17, 15) is 4.79 Å². The fourth-order valence-electron chi connectivity index (χ4n) is 2.66. The van der Waals surface area contributed by atoms with E-state index < -0.39 is 0 Å². The van der Waals surface area contributed by atoms with Gasteiger partial charge in [-0.15, -0.1) is 0 Å². The predicted octanol–water partition coefficient (Wildman–Crippen LogP) is 2.81. The zero-order valence-electron chi connectivity index (χ0n) is 14.7. The Labute approximate surface area is 147 Å². The zero-order chi connectivity index (χ0) is 17.8. The second-order valence-corrected chi connectivity index (χ2v) is 6.23. The average Bonchev–Trinajstić information content (AvgIpc) is 2.60. The number of nitrogens with zero attached hydrogens (tertiary/aromatic N) is 1. The van der Waals surface area contributed by atoms with Crippen molar-refractivity contribution in [1.82, 2.24) is 10.3 Å². The largest absolute Gasteiger partial charge is 0.439 e. The lowest BCUT2D eigenvalue weighted by molar-refractivity contribution is -0.123. The van der Waals surface area contributed by atoms with Gasteiger partial charge in [0.1, 0.15) is 11.8 Å². The van der Waals surface area contributed by atoms with Crippen LogP contribution in [0.2, 0.25) is 0 Å². The fraction of sp³-hybridized carbons (Fsp3) is 0.368. The third kappa shape index (κ3) is 4.35. The number of hydrogen-bond donors (Lipinski definition) is 2. The highest BCUT2D eigenvalue weighted by Gasteiger charge is 2.28. The van der Waals surface area contributed by atoms with Gasteiger partial charge in [0.2, 0.25) is 11.8 Å². The molecule has 3 rings (SSSR count). The monoisotopic (exact) mass is 341 g/mol. The first-order chi connectivity index (χ1) is 12.0. The van der Waals surface area contributed by atoms with Crippen molar-refractivity contribution >= 4 is 11.6 Å². The van der Waals surface area contributed by atoms with Gasteiger partial charge < -0.3 is 20.1 Å². The molecule has 2 atom stereocenters. The molecule has 0 spiro atoms. The van der Waals surface area contributed by atoms with Crippen molar-refractivity contribution in [2.45, 2.75) is 32.9 Å². The summed E-state index contributed by atoms with van der Waals surface area (Å²) in [5, 5.41) is 6.01. The number of ether oxygens (including phenoxy) is 2. The number of carbonyl (C=O) groups is 1. The van der Waals surface area contributed by atoms with E-state index in [1.54, 1.807) is 18.3 Å². The summed E-state index contributed by atoms with van der Waals surface area (Å²) in [4.78, 5) is 16.6. The van der Waals surface area contributed by atoms with Gasteiger partial charge in [0.05, 0.1) is 24.6 Å². The summed E-state index contributed by atoms with van der Waals surface area (Å²) in [6.07, 6.45) is 1.43. The second kappa shape index (κ2) is 7.63. The number of morpholine rings is 1. The molecule has 1 fully saturated rings. The van der Waals surface area contributed by atoms with Crippen molar-refractivity contribution in [1.29, 1.82) is 0 Å². The van der Waals surface area contributed by atoms with Gasteiger partial charge in [0.25, 0.3) is 0 Å². The molecule has 1 aliphatic rings. The molecule has 1 amide bonds. The third-order valence-corrected chi connectivity index (χ3v) is 4.30. The Morgan fingerprint density at radius 1 is 1.28 bits per heavy atom. The fourth-order valence-corrected chi connectivity index (χ4v) is 2.66. The zero-order valence-corrected chi connectivity index (χ0v) is 14.7. The lowest BCUT2D eigenvalue weighted by Gasteiger charge is -2.29. The SMILES string of the molecule is Cc1ccc(Oc2ccc(NC(=O)[C@H]3NCCO[C@@H]3C)cn2)cc1C. The van der Waals surface area contributed by atoms with E-state index in [2.05, 4.69) is 22.5 Å². The highest BCUT2D eigenvalue weighted by molar-refractivity contribution is 5.95. The molecule has 0 bridgehead atoms. The number of benzene rings is 1. The van der Waals surface area contributed by atoms with Crippen LogP contribution in [-0.4, -0.2) is 36.2 Å². The van der Waals surface area contributed by atoms with Gasteiger partial charge >= 0.3 is 0 Å². The summed E-state index contributed by atoms with van der Waals surface area (Å²) in [5.74, 6) is 1.09. The number of carbonyl (C=O) groups excluding carboxylic acids is 1. The molecule has 6 nitrogen and oxygen atoms in total. The van der Waals surface area contributed by atoms with Crippen LogP contribution in [0, 0.1) is 13.8 Å². The standard InChI is InChI=1S/C19H23N3O3/c1-12-4-6-16(10-13(12)2)25-17-7-5-15(11-21-17)22-19(23)18-14(3)24-9-8-20-18/h4-7,10-11,14,18,20H,8-9H2,1-3H3,(H,22,23)/t14-,18+/m1/s1. The summed E-state index contributed by atoms with van der Waals surface area (Å²) in [6, 6.07) is 9.05. The van der Waals surface area contributed by atoms with Crippen molar-refractivity contribution in [2.24, 2.45) is 0 Å². The van der Waals surface area contributed by atoms with Gasteiger partial charge in [-0.3, -0.25) is 4.79 Å². The van der Waals surface area contributed by atoms with E-state index in [0.717, 1.165) is 11.3 Å². The molecule has 0 radical (unpaired) electrons. The first-order valence-corrected chi connectivity index (χ1v) is 8.40. The van der Waals surface area contributed by atoms with Crippen LogP contribution in [0.15, 0.2) is 36.5 Å². The Balaban J connectivity index is 1.61. The molecule has 0 saturated carbocycles. The average molecular weight is 341 g/mol. The van der Waals surface area contributed by atoms with Crippen LogP contribution in [0.3, 0.4) is 0 Å². The molecule has 0 aliphatic carbocycles. The summed E-state index contributed by atoms with van der Waals surface area (Å²) >= 11 is 0. The minimum Gasteiger partial charge on any atom is -0.439 e. The third-order valence-electron chi connectivity index (χ3n) is 4.30. The number of aryl methyl sites for hydroxylation is 2. The maximum atomic E-state index is 12.3. The Kier molecular flexibility index (Phi) is 5.31. The molecule has 1 aromatic carbocycles. The molecule has 25 heavy (non-hydrogen) atoms. The van der Waals surface area contributed by atoms with Crippen LogP contribution < -0.4 is 15.4 Å². The minimum atomic E-state index is -0.361. The Hall–Kier alpha value is -2.44. The van der Waals surface area contributed by atoms with Crippen molar-refractivity contribution in [3.8, 4) is 11.6 Å². The molecule has 2 heterocycles. The van der Waals surface area contributed by atoms with Gasteiger partial charge in [-0.1, -0.05) is 6.07 Å². The number of rotatable bonds is 4. The predicted molar refractivity (Wildman–Crippen MR) is 96.1 cm³/mol. The molecular weight excluding hydrogens is 318 g/mol. The highest BCUT2D eigenvalue weighted by Crippen LogP contribution is 2.23. The first kappa shape index (κ1) is 17.4. The smallest absolute Gasteiger partial charge is 0.244 e. The quantitative estimate of drug-likeness (QED) is 0.895. The molecule has 1 saturated heterocycles. The second-order valence-electron chi connectivity index (χ2n) is 6.23. The van der Waals surface area contributed by atoms with Crippen LogP contribution in [0.5, 0.6) is 11.6 Å². The molecule has 1 aliphatic heterocycles. The van der Waals surface area contributed by atoms with Crippen molar-refractivity contribution in [2.75, 3.05) is 18.5 Å². The number of anilines is 1. The van der Waals surface area contributed by atoms with Crippen LogP contribution in [-0.2, 0) is 9.53 Å². The number of pyridine rings is 1. The van der Waals surface area contributed by atoms with Crippen molar-refractivity contribution in [3.05, 3.63) is 47.7 Å². The normalized spacial score (nSPS) is 20.1. The maximum absolute atomic E-state index is 12.3. The summed E-state index contributed by atoms with van der Waals surface area (Å²) in [5.41, 5.74) is 3.00. The van der Waals surface area contributed by atoms with E-state index in [-0.39, 0.29) is 18.1 Å². The number of nitrogens with one attached hydrogen (secondary N) is 2. The van der Waals surface area contributed by atoms with Gasteiger partial charge in [-0.25, -0.2) is 4.98 Å². The van der Waals surface area contributed by atoms with Crippen LogP contribution in [0.25, 0.3) is 0 Å². The van der Waals surface area contributed by atoms with Crippen LogP contribution in [0.4, 0.5) is 5.69 Å². The molecular formula is C19H23N3O3. The number of amides is 1. The lowest BCUT2D eigenvalue weighted by Crippen LogP contribution is -2.53. The summed E-state index contributed by atoms with van der Waals surface area (Å²) in [6.45, 7) is 7.27. The highest BCUT2D eigenvalue weighted by atomic mass is 16.5. The summed E-state index contributed by atoms with van der Waals surface area (Å²) in [7, 11) is 0. The van der Waals surface area contributed by atoms with Crippen molar-refractivity contribution in [3.63, 3.8) is 0 Å². The van der Waals surface area contributed by atoms with Crippen LogP contribution >= 0.6 is 0 Å². The molecule has 2 aromatic rings. The molecule has 132 valence electrons. The Morgan fingerprint density at radius 3 is 2.80 bits per heavy atom. The van der Waals surface area contributed by atoms with E-state index >= 15 is 0 Å². The Morgan fingerprint density at radius 2 is 2.12 bits per heavy atom. The van der Waals surface area contributed by atoms with E-state index in [1.807, 2.05) is 32.0 Å². The topological polar surface area (TPSA) is 72.5 Å². The van der Waals surface area contributed by atoms with E-state index in [1.165, 1.54) is 5.56 Å². The lowest BCUT2D eigenvalue weighted by atomic mass is 10.1. The molecule has 0 unspecified atom stereocenters. The first-order valence-electron chi connectivity index (χ1n) is 8.40. The molecule has 1 aromatic heterocycles. The maximum Gasteiger partial charge on any atom is 0.244 e. The Bertz CT molecular complexity index is 746. The van der Waals surface area contributed by atoms with E-state index in [0.29, 0.717) is 24.7 Å². The molecule has 2 N–H and O–H groups in total. The number of aromatic nitrogens is 1. The summed E-state index contributed by atoms with van der Waals surface area (Å²) < 4.78 is 11.2. The van der Waals surface area contributed by atoms with Gasteiger partial charge in [-0.2, -0.15) is 0 Å². The number of hydrogen-bond acceptors (Lipinski definition) is 5. The molecule has 6 heteroatoms. The minimum absolute atomic E-state index is 0.128.